The van der Waals surface area contributed by atoms with Crippen LogP contribution in [0.1, 0.15) is 19.3 Å². The third-order valence-corrected chi connectivity index (χ3v) is 2.17. The zero-order chi connectivity index (χ0) is 24.4. The van der Waals surface area contributed by atoms with Gasteiger partial charge in [-0.15, -0.1) is 0 Å². The number of aliphatic carboxylic acids is 3. The maximum atomic E-state index is 10.0. The molecular formula is C12H17FeO19Zn-. The fourth-order valence-electron chi connectivity index (χ4n) is 0.906. The molecule has 190 valence electrons. The van der Waals surface area contributed by atoms with Crippen LogP contribution in [0.15, 0.2) is 0 Å². The van der Waals surface area contributed by atoms with Crippen molar-refractivity contribution in [2.45, 2.75) is 37.6 Å². The van der Waals surface area contributed by atoms with Crippen molar-refractivity contribution < 1.29 is 132 Å². The fraction of sp³-hybridized carbons (Fsp3) is 0.500. The molecule has 8 N–H and O–H groups in total. The summed E-state index contributed by atoms with van der Waals surface area (Å²) in [6, 6.07) is 0. The van der Waals surface area contributed by atoms with Crippen LogP contribution >= 0.6 is 0 Å². The largest absolute Gasteiger partial charge is 2.00 e. The molecule has 0 saturated heterocycles. The van der Waals surface area contributed by atoms with Crippen molar-refractivity contribution in [1.29, 1.82) is 0 Å². The molecule has 3 atom stereocenters. The quantitative estimate of drug-likeness (QED) is 0.0631. The van der Waals surface area contributed by atoms with Crippen LogP contribution in [-0.2, 0) is 80.0 Å². The summed E-state index contributed by atoms with van der Waals surface area (Å²) in [6.07, 6.45) is -8.27. The summed E-state index contributed by atoms with van der Waals surface area (Å²) in [7, 11) is 0. The molecule has 0 aromatic heterocycles. The van der Waals surface area contributed by atoms with E-state index in [0.717, 1.165) is 0 Å². The molecule has 21 heteroatoms. The minimum Gasteiger partial charge on any atom is -0.550 e. The molecule has 0 rings (SSSR count). The Labute approximate surface area is 205 Å². The van der Waals surface area contributed by atoms with Crippen LogP contribution in [-0.4, -0.2) is 90.7 Å². The van der Waals surface area contributed by atoms with E-state index in [0.29, 0.717) is 0 Å². The molecule has 19 nitrogen and oxygen atoms in total. The van der Waals surface area contributed by atoms with E-state index >= 15 is 0 Å². The van der Waals surface area contributed by atoms with Crippen molar-refractivity contribution in [2.24, 2.45) is 0 Å². The van der Waals surface area contributed by atoms with E-state index in [1.165, 1.54) is 0 Å². The van der Waals surface area contributed by atoms with Crippen LogP contribution in [0.3, 0.4) is 0 Å². The number of carbonyl (C=O) groups excluding carboxylic acids is 6. The Kier molecular flexibility index (Phi) is 34.9. The monoisotopic (exact) mass is 585 g/mol. The van der Waals surface area contributed by atoms with E-state index in [9.17, 15) is 44.1 Å². The Bertz CT molecular complexity index is 516. The van der Waals surface area contributed by atoms with Gasteiger partial charge in [0.1, 0.15) is 0 Å². The summed E-state index contributed by atoms with van der Waals surface area (Å²) in [6.45, 7) is 0. The average molecular weight is 586 g/mol. The Hall–Kier alpha value is -2.32. The number of carbonyl (C=O) groups is 6. The Morgan fingerprint density at radius 1 is 0.576 bits per heavy atom. The Morgan fingerprint density at radius 3 is 0.818 bits per heavy atom. The van der Waals surface area contributed by atoms with Gasteiger partial charge in [-0.05, 0) is 0 Å². The second-order valence-electron chi connectivity index (χ2n) is 4.51. The Balaban J connectivity index is -0.0000000792. The van der Waals surface area contributed by atoms with E-state index in [1.807, 2.05) is 0 Å². The van der Waals surface area contributed by atoms with Crippen LogP contribution in [0.25, 0.3) is 0 Å². The molecule has 0 spiro atoms. The van der Waals surface area contributed by atoms with Gasteiger partial charge < -0.3 is 50.5 Å². The first-order valence-corrected chi connectivity index (χ1v) is 6.92. The van der Waals surface area contributed by atoms with Gasteiger partial charge in [0, 0.05) is 54.2 Å². The molecule has 0 heterocycles. The number of rotatable bonds is 9. The van der Waals surface area contributed by atoms with Crippen LogP contribution < -0.4 is 15.3 Å². The van der Waals surface area contributed by atoms with Crippen LogP contribution in [0.2, 0.25) is 0 Å². The van der Waals surface area contributed by atoms with Gasteiger partial charge in [-0.1, -0.05) is 0 Å². The molecule has 0 bridgehead atoms. The summed E-state index contributed by atoms with van der Waals surface area (Å²) < 4.78 is 0. The topological polar surface area (TPSA) is 352 Å². The third kappa shape index (κ3) is 29.7. The van der Waals surface area contributed by atoms with E-state index < -0.39 is 73.4 Å². The molecule has 0 aromatic carbocycles. The van der Waals surface area contributed by atoms with Crippen molar-refractivity contribution in [2.75, 3.05) is 0 Å². The van der Waals surface area contributed by atoms with Gasteiger partial charge in [0.2, 0.25) is 0 Å². The number of carboxylic acid groups (broad SMARTS) is 3. The van der Waals surface area contributed by atoms with Crippen LogP contribution in [0.5, 0.6) is 0 Å². The molecular weight excluding hydrogens is 569 g/mol. The molecule has 0 amide bonds. The van der Waals surface area contributed by atoms with Gasteiger partial charge in [-0.3, -0.25) is 14.7 Å². The second-order valence-corrected chi connectivity index (χ2v) is 4.51. The third-order valence-electron chi connectivity index (χ3n) is 2.17. The zero-order valence-electron chi connectivity index (χ0n) is 16.0. The summed E-state index contributed by atoms with van der Waals surface area (Å²) in [5, 5.41) is 77.1. The summed E-state index contributed by atoms with van der Waals surface area (Å²) >= 11 is 0. The van der Waals surface area contributed by atoms with Gasteiger partial charge >= 0.3 is 37.4 Å². The van der Waals surface area contributed by atoms with Gasteiger partial charge in [0.25, 0.3) is 0 Å². The van der Waals surface area contributed by atoms with Crippen molar-refractivity contribution in [3.63, 3.8) is 0 Å². The van der Waals surface area contributed by atoms with E-state index in [1.54, 1.807) is 0 Å². The molecule has 0 aromatic rings. The van der Waals surface area contributed by atoms with E-state index in [4.69, 9.17) is 31.1 Å². The SMILES string of the molecule is O.O=C([O-])CC(O)C(=O)OO.O=C([O-])CC(O)C(=O)OO.O=C([O-])CC(O)C(=O)OO.[Fe].[Zn+2]. The maximum Gasteiger partial charge on any atom is 2.00 e. The molecule has 0 aliphatic rings. The van der Waals surface area contributed by atoms with Crippen LogP contribution in [0, 0.1) is 0 Å². The predicted molar refractivity (Wildman–Crippen MR) is 76.7 cm³/mol. The number of carboxylic acids is 3. The zero-order valence-corrected chi connectivity index (χ0v) is 20.1. The fourth-order valence-corrected chi connectivity index (χ4v) is 0.906. The minimum absolute atomic E-state index is 0. The van der Waals surface area contributed by atoms with Crippen molar-refractivity contribution in [3.8, 4) is 0 Å². The molecule has 3 unspecified atom stereocenters. The molecule has 0 radical (unpaired) electrons. The Morgan fingerprint density at radius 2 is 0.727 bits per heavy atom. The summed E-state index contributed by atoms with van der Waals surface area (Å²) in [5.41, 5.74) is 0. The summed E-state index contributed by atoms with van der Waals surface area (Å²) in [5.74, 6) is -9.04. The maximum absolute atomic E-state index is 10.0. The van der Waals surface area contributed by atoms with Crippen molar-refractivity contribution >= 4 is 35.8 Å². The van der Waals surface area contributed by atoms with Gasteiger partial charge in [0.05, 0.1) is 0 Å². The molecule has 0 aliphatic carbocycles. The molecule has 0 aliphatic heterocycles. The molecule has 0 fully saturated rings. The number of hydrogen-bond acceptors (Lipinski definition) is 18. The summed E-state index contributed by atoms with van der Waals surface area (Å²) in [4.78, 5) is 68.2. The molecule has 0 saturated carbocycles. The van der Waals surface area contributed by atoms with Crippen molar-refractivity contribution in [1.82, 2.24) is 0 Å². The number of hydrogen-bond donors (Lipinski definition) is 6. The minimum atomic E-state index is -1.87. The van der Waals surface area contributed by atoms with E-state index in [2.05, 4.69) is 14.7 Å². The van der Waals surface area contributed by atoms with E-state index in [-0.39, 0.29) is 42.0 Å². The smallest absolute Gasteiger partial charge is 0.550 e. The first-order chi connectivity index (χ1) is 13.7. The van der Waals surface area contributed by atoms with Gasteiger partial charge in [-0.25, -0.2) is 14.4 Å². The molecule has 33 heavy (non-hydrogen) atoms. The van der Waals surface area contributed by atoms with Gasteiger partial charge in [0.15, 0.2) is 18.3 Å². The normalized spacial score (nSPS) is 11.1. The predicted octanol–water partition coefficient (Wildman–Crippen LogP) is -8.32. The average Bonchev–Trinajstić information content (AvgIpc) is 2.65. The first-order valence-electron chi connectivity index (χ1n) is 6.92. The van der Waals surface area contributed by atoms with Crippen LogP contribution in [0.4, 0.5) is 0 Å². The standard InChI is InChI=1S/3C4H6O6.Fe.H2O.Zn/c3*5-2(1-3(6)7)4(8)10-9;;;/h3*2,5,9H,1H2,(H,6,7);;1H2;/q;;;;;+2/p-3. The second kappa shape index (κ2) is 25.9. The first kappa shape index (κ1) is 44.4. The number of aliphatic hydroxyl groups excluding tert-OH is 3. The van der Waals surface area contributed by atoms with Gasteiger partial charge in [-0.2, -0.15) is 15.8 Å². The number of aliphatic hydroxyl groups is 3. The van der Waals surface area contributed by atoms with Crippen molar-refractivity contribution in [3.05, 3.63) is 0 Å².